The minimum Gasteiger partial charge on any atom is -0.494 e. The van der Waals surface area contributed by atoms with Gasteiger partial charge in [-0.15, -0.1) is 0 Å². The zero-order valence-corrected chi connectivity index (χ0v) is 25.0. The lowest BCUT2D eigenvalue weighted by molar-refractivity contribution is -0.131. The van der Waals surface area contributed by atoms with Crippen LogP contribution in [0.4, 0.5) is 0 Å². The van der Waals surface area contributed by atoms with Crippen molar-refractivity contribution in [1.29, 1.82) is 0 Å². The van der Waals surface area contributed by atoms with Crippen LogP contribution >= 0.6 is 0 Å². The van der Waals surface area contributed by atoms with Gasteiger partial charge in [-0.2, -0.15) is 0 Å². The van der Waals surface area contributed by atoms with Gasteiger partial charge < -0.3 is 24.1 Å². The first-order chi connectivity index (χ1) is 20.8. The molecule has 3 N–H and O–H groups in total. The molecular formula is C31H37N3O8S. The molecule has 0 bridgehead atoms. The lowest BCUT2D eigenvalue weighted by Crippen LogP contribution is -2.54. The molecule has 1 aliphatic heterocycles. The molecule has 0 unspecified atom stereocenters. The summed E-state index contributed by atoms with van der Waals surface area (Å²) in [6.45, 7) is 0.519. The number of hydrazine groups is 1. The number of hydrogen-bond donors (Lipinski definition) is 3. The van der Waals surface area contributed by atoms with Crippen LogP contribution in [0.1, 0.15) is 30.1 Å². The molecule has 12 heteroatoms. The largest absolute Gasteiger partial charge is 0.494 e. The number of rotatable bonds is 16. The van der Waals surface area contributed by atoms with E-state index in [1.807, 2.05) is 30.3 Å². The fraction of sp³-hybridized carbons (Fsp3) is 0.355. The predicted molar refractivity (Wildman–Crippen MR) is 160 cm³/mol. The number of nitrogens with one attached hydrogen (secondary N) is 2. The van der Waals surface area contributed by atoms with E-state index >= 15 is 0 Å². The Bertz CT molecular complexity index is 1450. The minimum absolute atomic E-state index is 0.0280. The number of amides is 1. The molecule has 11 nitrogen and oxygen atoms in total. The van der Waals surface area contributed by atoms with Gasteiger partial charge in [0.2, 0.25) is 5.90 Å². The number of aliphatic imine (C=N–C) groups is 1. The Kier molecular flexibility index (Phi) is 11.3. The number of aliphatic hydroxyl groups is 1. The highest BCUT2D eigenvalue weighted by Gasteiger charge is 2.53. The summed E-state index contributed by atoms with van der Waals surface area (Å²) in [6, 6.07) is 24.2. The zero-order chi connectivity index (χ0) is 30.7. The summed E-state index contributed by atoms with van der Waals surface area (Å²) in [5.74, 6) is -0.141. The van der Waals surface area contributed by atoms with Crippen molar-refractivity contribution in [3.05, 3.63) is 96.1 Å². The molecule has 4 rings (SSSR count). The molecule has 0 saturated heterocycles. The van der Waals surface area contributed by atoms with Crippen LogP contribution < -0.4 is 15.6 Å². The molecule has 0 fully saturated rings. The molecule has 0 aliphatic carbocycles. The number of aliphatic hydroxyl groups excluding tert-OH is 1. The number of sulfone groups is 1. The van der Waals surface area contributed by atoms with Crippen LogP contribution in [0.5, 0.6) is 5.75 Å². The van der Waals surface area contributed by atoms with E-state index < -0.39 is 33.7 Å². The zero-order valence-electron chi connectivity index (χ0n) is 24.1. The molecule has 3 aromatic rings. The van der Waals surface area contributed by atoms with Crippen LogP contribution in [0.15, 0.2) is 94.8 Å². The number of benzene rings is 3. The molecule has 1 heterocycles. The van der Waals surface area contributed by atoms with Gasteiger partial charge in [0.1, 0.15) is 5.75 Å². The third kappa shape index (κ3) is 7.98. The Morgan fingerprint density at radius 1 is 1.00 bits per heavy atom. The predicted octanol–water partition coefficient (Wildman–Crippen LogP) is 2.81. The van der Waals surface area contributed by atoms with Gasteiger partial charge >= 0.3 is 0 Å². The van der Waals surface area contributed by atoms with E-state index in [0.29, 0.717) is 29.9 Å². The van der Waals surface area contributed by atoms with Gasteiger partial charge in [-0.3, -0.25) is 10.2 Å². The first-order valence-electron chi connectivity index (χ1n) is 13.8. The topological polar surface area (TPSA) is 145 Å². The maximum absolute atomic E-state index is 14.1. The summed E-state index contributed by atoms with van der Waals surface area (Å²) >= 11 is 0. The van der Waals surface area contributed by atoms with Gasteiger partial charge in [0, 0.05) is 39.2 Å². The van der Waals surface area contributed by atoms with Crippen LogP contribution in [-0.2, 0) is 28.8 Å². The molecule has 3 aromatic carbocycles. The Balaban J connectivity index is 1.71. The number of methoxy groups -OCH3 is 2. The van der Waals surface area contributed by atoms with Crippen LogP contribution in [0.25, 0.3) is 0 Å². The maximum atomic E-state index is 14.1. The number of carbonyl (C=O) groups excluding carboxylic acids is 1. The Labute approximate surface area is 251 Å². The molecular weight excluding hydrogens is 574 g/mol. The van der Waals surface area contributed by atoms with Crippen molar-refractivity contribution in [1.82, 2.24) is 10.9 Å². The van der Waals surface area contributed by atoms with Crippen molar-refractivity contribution in [2.45, 2.75) is 35.7 Å². The highest BCUT2D eigenvalue weighted by molar-refractivity contribution is 7.91. The highest BCUT2D eigenvalue weighted by atomic mass is 32.2. The standard InChI is InChI=1S/C31H37N3O8S/c1-39-27(40-2)22-32-34-30(36)31(18-21-43(37,38)26-12-7-4-8-13-26)28(23-10-5-3-6-11-23)42-29(33-31)24-14-16-25(17-15-24)41-20-9-19-35/h3-8,10-17,27-28,32,35H,9,18-22H2,1-2H3,(H,34,36)/t28-,31-/m0/s1. The van der Waals surface area contributed by atoms with E-state index in [0.717, 1.165) is 0 Å². The van der Waals surface area contributed by atoms with Crippen molar-refractivity contribution in [3.8, 4) is 5.75 Å². The fourth-order valence-electron chi connectivity index (χ4n) is 4.62. The van der Waals surface area contributed by atoms with E-state index in [2.05, 4.69) is 10.9 Å². The summed E-state index contributed by atoms with van der Waals surface area (Å²) in [5.41, 5.74) is 5.08. The number of carbonyl (C=O) groups is 1. The second-order valence-electron chi connectivity index (χ2n) is 9.82. The summed E-state index contributed by atoms with van der Waals surface area (Å²) < 4.78 is 49.2. The number of ether oxygens (including phenoxy) is 4. The Morgan fingerprint density at radius 2 is 1.65 bits per heavy atom. The number of hydrogen-bond acceptors (Lipinski definition) is 10. The molecule has 43 heavy (non-hydrogen) atoms. The van der Waals surface area contributed by atoms with Crippen LogP contribution in [0.2, 0.25) is 0 Å². The monoisotopic (exact) mass is 611 g/mol. The van der Waals surface area contributed by atoms with Crippen LogP contribution in [0, 0.1) is 0 Å². The van der Waals surface area contributed by atoms with Gasteiger partial charge in [-0.1, -0.05) is 48.5 Å². The van der Waals surface area contributed by atoms with Gasteiger partial charge in [0.05, 0.1) is 23.8 Å². The van der Waals surface area contributed by atoms with Crippen molar-refractivity contribution in [2.24, 2.45) is 4.99 Å². The van der Waals surface area contributed by atoms with Gasteiger partial charge in [0.15, 0.2) is 27.8 Å². The first kappa shape index (κ1) is 32.1. The molecule has 1 amide bonds. The summed E-state index contributed by atoms with van der Waals surface area (Å²) in [7, 11) is -0.814. The van der Waals surface area contributed by atoms with Crippen molar-refractivity contribution >= 4 is 21.6 Å². The van der Waals surface area contributed by atoms with E-state index in [4.69, 9.17) is 29.0 Å². The van der Waals surface area contributed by atoms with Gasteiger partial charge in [-0.25, -0.2) is 18.8 Å². The molecule has 0 radical (unpaired) electrons. The quantitative estimate of drug-likeness (QED) is 0.127. The minimum atomic E-state index is -3.77. The van der Waals surface area contributed by atoms with E-state index in [1.54, 1.807) is 42.5 Å². The summed E-state index contributed by atoms with van der Waals surface area (Å²) in [5, 5.41) is 9.01. The smallest absolute Gasteiger partial charge is 0.266 e. The molecule has 2 atom stereocenters. The Morgan fingerprint density at radius 3 is 2.28 bits per heavy atom. The van der Waals surface area contributed by atoms with Crippen LogP contribution in [0.3, 0.4) is 0 Å². The van der Waals surface area contributed by atoms with Crippen molar-refractivity contribution < 1.29 is 37.3 Å². The van der Waals surface area contributed by atoms with Gasteiger partial charge in [0.25, 0.3) is 5.91 Å². The molecule has 230 valence electrons. The highest BCUT2D eigenvalue weighted by Crippen LogP contribution is 2.43. The maximum Gasteiger partial charge on any atom is 0.266 e. The molecule has 0 aromatic heterocycles. The molecule has 1 aliphatic rings. The van der Waals surface area contributed by atoms with E-state index in [1.165, 1.54) is 26.4 Å². The van der Waals surface area contributed by atoms with Crippen molar-refractivity contribution in [2.75, 3.05) is 39.7 Å². The Hall–Kier alpha value is -3.81. The number of nitrogens with zero attached hydrogens (tertiary/aromatic N) is 1. The molecule has 0 saturated carbocycles. The SMILES string of the molecule is COC(CNNC(=O)[C@@]1(CCS(=O)(=O)c2ccccc2)N=C(c2ccc(OCCCO)cc2)O[C@H]1c1ccccc1)OC. The van der Waals surface area contributed by atoms with Crippen molar-refractivity contribution in [3.63, 3.8) is 0 Å². The van der Waals surface area contributed by atoms with E-state index in [-0.39, 0.29) is 36.1 Å². The average molecular weight is 612 g/mol. The lowest BCUT2D eigenvalue weighted by atomic mass is 9.85. The second-order valence-corrected chi connectivity index (χ2v) is 11.9. The summed E-state index contributed by atoms with van der Waals surface area (Å²) in [6.07, 6.45) is -1.22. The third-order valence-corrected chi connectivity index (χ3v) is 8.71. The fourth-order valence-corrected chi connectivity index (χ4v) is 6.01. The molecule has 0 spiro atoms. The van der Waals surface area contributed by atoms with E-state index in [9.17, 15) is 13.2 Å². The average Bonchev–Trinajstić information content (AvgIpc) is 3.44. The normalized spacial score (nSPS) is 18.2. The first-order valence-corrected chi connectivity index (χ1v) is 15.5. The van der Waals surface area contributed by atoms with Crippen LogP contribution in [-0.4, -0.2) is 76.9 Å². The second kappa shape index (κ2) is 15.1. The third-order valence-electron chi connectivity index (χ3n) is 6.98. The lowest BCUT2D eigenvalue weighted by Gasteiger charge is -2.30. The van der Waals surface area contributed by atoms with Gasteiger partial charge in [-0.05, 0) is 42.0 Å². The summed E-state index contributed by atoms with van der Waals surface area (Å²) in [4.78, 5) is 19.0.